The zero-order valence-electron chi connectivity index (χ0n) is 14.4. The van der Waals surface area contributed by atoms with Gasteiger partial charge < -0.3 is 9.80 Å². The van der Waals surface area contributed by atoms with Crippen molar-refractivity contribution in [1.82, 2.24) is 4.90 Å². The molecule has 0 saturated carbocycles. The lowest BCUT2D eigenvalue weighted by Crippen LogP contribution is -2.48. The number of amides is 1. The molecule has 2 aromatic carbocycles. The van der Waals surface area contributed by atoms with Gasteiger partial charge in [0.05, 0.1) is 10.7 Å². The van der Waals surface area contributed by atoms with Gasteiger partial charge in [-0.25, -0.2) is 8.42 Å². The van der Waals surface area contributed by atoms with E-state index in [9.17, 15) is 13.2 Å². The van der Waals surface area contributed by atoms with E-state index in [1.54, 1.807) is 48.2 Å². The summed E-state index contributed by atoms with van der Waals surface area (Å²) in [6.45, 7) is 4.30. The van der Waals surface area contributed by atoms with E-state index >= 15 is 0 Å². The predicted molar refractivity (Wildman–Crippen MR) is 103 cm³/mol. The van der Waals surface area contributed by atoms with Crippen LogP contribution >= 0.6 is 11.6 Å². The van der Waals surface area contributed by atoms with E-state index in [-0.39, 0.29) is 15.8 Å². The summed E-state index contributed by atoms with van der Waals surface area (Å²) in [6.07, 6.45) is 0. The Morgan fingerprint density at radius 2 is 1.73 bits per heavy atom. The Hall–Kier alpha value is -2.25. The van der Waals surface area contributed by atoms with E-state index in [1.165, 1.54) is 6.07 Å². The zero-order chi connectivity index (χ0) is 18.7. The molecule has 1 saturated heterocycles. The highest BCUT2D eigenvalue weighted by molar-refractivity contribution is 7.92. The maximum absolute atomic E-state index is 12.6. The van der Waals surface area contributed by atoms with Crippen LogP contribution in [0.4, 0.5) is 11.4 Å². The predicted octanol–water partition coefficient (Wildman–Crippen LogP) is 2.81. The molecule has 26 heavy (non-hydrogen) atoms. The van der Waals surface area contributed by atoms with Crippen LogP contribution < -0.4 is 9.62 Å². The first-order valence-corrected chi connectivity index (χ1v) is 10.1. The fourth-order valence-corrected chi connectivity index (χ4v) is 4.49. The van der Waals surface area contributed by atoms with Crippen LogP contribution in [0.3, 0.4) is 0 Å². The van der Waals surface area contributed by atoms with Gasteiger partial charge in [-0.15, -0.1) is 0 Å². The minimum absolute atomic E-state index is 0.0437. The second kappa shape index (κ2) is 7.55. The fraction of sp³-hybridized carbons (Fsp3) is 0.278. The van der Waals surface area contributed by atoms with Gasteiger partial charge in [0, 0.05) is 38.8 Å². The Bertz CT molecular complexity index is 909. The normalized spacial score (nSPS) is 15.0. The Morgan fingerprint density at radius 1 is 1.04 bits per heavy atom. The lowest BCUT2D eigenvalue weighted by Gasteiger charge is -2.35. The van der Waals surface area contributed by atoms with E-state index < -0.39 is 10.0 Å². The SMILES string of the molecule is CC(=O)N1CCN(c2cccc(NS(=O)(=O)c3ccccc3Cl)c2)CC1. The summed E-state index contributed by atoms with van der Waals surface area (Å²) in [5.74, 6) is 0.0749. The summed E-state index contributed by atoms with van der Waals surface area (Å²) in [5, 5.41) is 0.177. The number of benzene rings is 2. The third kappa shape index (κ3) is 4.11. The molecule has 1 aliphatic rings. The van der Waals surface area contributed by atoms with E-state index in [2.05, 4.69) is 9.62 Å². The van der Waals surface area contributed by atoms with Crippen LogP contribution in [0.2, 0.25) is 5.02 Å². The lowest BCUT2D eigenvalue weighted by molar-refractivity contribution is -0.129. The van der Waals surface area contributed by atoms with E-state index in [4.69, 9.17) is 11.6 Å². The fourth-order valence-electron chi connectivity index (χ4n) is 2.92. The van der Waals surface area contributed by atoms with Gasteiger partial charge in [0.15, 0.2) is 0 Å². The zero-order valence-corrected chi connectivity index (χ0v) is 15.9. The molecule has 1 N–H and O–H groups in total. The van der Waals surface area contributed by atoms with Crippen LogP contribution in [-0.2, 0) is 14.8 Å². The third-order valence-corrected chi connectivity index (χ3v) is 6.20. The van der Waals surface area contributed by atoms with Gasteiger partial charge in [-0.1, -0.05) is 29.8 Å². The monoisotopic (exact) mass is 393 g/mol. The summed E-state index contributed by atoms with van der Waals surface area (Å²) < 4.78 is 27.7. The number of carbonyl (C=O) groups excluding carboxylic acids is 1. The molecule has 2 aromatic rings. The van der Waals surface area contributed by atoms with Crippen LogP contribution in [0.1, 0.15) is 6.92 Å². The molecule has 0 aliphatic carbocycles. The minimum atomic E-state index is -3.76. The summed E-state index contributed by atoms with van der Waals surface area (Å²) in [5.41, 5.74) is 1.38. The standard InChI is InChI=1S/C18H20ClN3O3S/c1-14(23)21-9-11-22(12-10-21)16-6-4-5-15(13-16)20-26(24,25)18-8-3-2-7-17(18)19/h2-8,13,20H,9-12H2,1H3. The van der Waals surface area contributed by atoms with E-state index in [0.717, 1.165) is 5.69 Å². The average Bonchev–Trinajstić information content (AvgIpc) is 2.62. The molecule has 0 radical (unpaired) electrons. The van der Waals surface area contributed by atoms with Gasteiger partial charge in [0.1, 0.15) is 4.90 Å². The highest BCUT2D eigenvalue weighted by atomic mass is 35.5. The summed E-state index contributed by atoms with van der Waals surface area (Å²) >= 11 is 6.01. The van der Waals surface area contributed by atoms with Gasteiger partial charge >= 0.3 is 0 Å². The number of anilines is 2. The van der Waals surface area contributed by atoms with Crippen molar-refractivity contribution in [3.05, 3.63) is 53.6 Å². The number of nitrogens with zero attached hydrogens (tertiary/aromatic N) is 2. The minimum Gasteiger partial charge on any atom is -0.368 e. The van der Waals surface area contributed by atoms with Gasteiger partial charge in [0.25, 0.3) is 10.0 Å². The Morgan fingerprint density at radius 3 is 2.38 bits per heavy atom. The summed E-state index contributed by atoms with van der Waals surface area (Å²) in [4.78, 5) is 15.4. The molecule has 1 aliphatic heterocycles. The molecule has 0 atom stereocenters. The first kappa shape index (κ1) is 18.5. The highest BCUT2D eigenvalue weighted by Gasteiger charge is 2.20. The van der Waals surface area contributed by atoms with Crippen molar-refractivity contribution >= 4 is 38.9 Å². The van der Waals surface area contributed by atoms with Crippen LogP contribution in [0.25, 0.3) is 0 Å². The maximum atomic E-state index is 12.6. The number of hydrogen-bond acceptors (Lipinski definition) is 4. The van der Waals surface area contributed by atoms with Gasteiger partial charge in [-0.05, 0) is 30.3 Å². The van der Waals surface area contributed by atoms with Crippen LogP contribution in [0, 0.1) is 0 Å². The molecular weight excluding hydrogens is 374 g/mol. The second-order valence-electron chi connectivity index (χ2n) is 6.08. The quantitative estimate of drug-likeness (QED) is 0.867. The van der Waals surface area contributed by atoms with Crippen LogP contribution in [0.5, 0.6) is 0 Å². The van der Waals surface area contributed by atoms with Crippen molar-refractivity contribution in [3.8, 4) is 0 Å². The molecule has 1 heterocycles. The molecule has 0 spiro atoms. The van der Waals surface area contributed by atoms with Crippen molar-refractivity contribution < 1.29 is 13.2 Å². The topological polar surface area (TPSA) is 69.7 Å². The number of sulfonamides is 1. The van der Waals surface area contributed by atoms with Gasteiger partial charge in [0.2, 0.25) is 5.91 Å². The Kier molecular flexibility index (Phi) is 5.38. The van der Waals surface area contributed by atoms with Crippen LogP contribution in [0.15, 0.2) is 53.4 Å². The molecule has 6 nitrogen and oxygen atoms in total. The first-order valence-electron chi connectivity index (χ1n) is 8.25. The number of piperazine rings is 1. The molecule has 0 unspecified atom stereocenters. The van der Waals surface area contributed by atoms with Crippen molar-refractivity contribution in [3.63, 3.8) is 0 Å². The number of rotatable bonds is 4. The number of carbonyl (C=O) groups is 1. The molecule has 1 amide bonds. The summed E-state index contributed by atoms with van der Waals surface area (Å²) in [6, 6.07) is 13.5. The third-order valence-electron chi connectivity index (χ3n) is 4.31. The van der Waals surface area contributed by atoms with E-state index in [1.807, 2.05) is 6.07 Å². The maximum Gasteiger partial charge on any atom is 0.263 e. The number of nitrogens with one attached hydrogen (secondary N) is 1. The molecule has 0 aromatic heterocycles. The molecule has 1 fully saturated rings. The number of hydrogen-bond donors (Lipinski definition) is 1. The lowest BCUT2D eigenvalue weighted by atomic mass is 10.2. The molecule has 8 heteroatoms. The Labute approximate surface area is 158 Å². The van der Waals surface area contributed by atoms with Crippen molar-refractivity contribution in [2.75, 3.05) is 35.8 Å². The largest absolute Gasteiger partial charge is 0.368 e. The van der Waals surface area contributed by atoms with Gasteiger partial charge in [-0.2, -0.15) is 0 Å². The molecular formula is C18H20ClN3O3S. The average molecular weight is 394 g/mol. The second-order valence-corrected chi connectivity index (χ2v) is 8.14. The van der Waals surface area contributed by atoms with E-state index in [0.29, 0.717) is 31.9 Å². The van der Waals surface area contributed by atoms with Crippen molar-refractivity contribution in [2.45, 2.75) is 11.8 Å². The van der Waals surface area contributed by atoms with Crippen molar-refractivity contribution in [2.24, 2.45) is 0 Å². The molecule has 138 valence electrons. The smallest absolute Gasteiger partial charge is 0.263 e. The number of halogens is 1. The van der Waals surface area contributed by atoms with Crippen molar-refractivity contribution in [1.29, 1.82) is 0 Å². The molecule has 0 bridgehead atoms. The Balaban J connectivity index is 1.76. The summed E-state index contributed by atoms with van der Waals surface area (Å²) in [7, 11) is -3.76. The highest BCUT2D eigenvalue weighted by Crippen LogP contribution is 2.26. The first-order chi connectivity index (χ1) is 12.4. The van der Waals surface area contributed by atoms with Gasteiger partial charge in [-0.3, -0.25) is 9.52 Å². The molecule has 3 rings (SSSR count). The van der Waals surface area contributed by atoms with Crippen LogP contribution in [-0.4, -0.2) is 45.4 Å².